The van der Waals surface area contributed by atoms with Crippen LogP contribution in [0.15, 0.2) is 46.6 Å². The molecule has 4 nitrogen and oxygen atoms in total. The largest absolute Gasteiger partial charge is 0.385 e. The molecular weight excluding hydrogens is 224 g/mol. The Morgan fingerprint density at radius 3 is 2.78 bits per heavy atom. The van der Waals surface area contributed by atoms with Crippen LogP contribution in [0.4, 0.5) is 0 Å². The number of aromatic nitrogens is 1. The summed E-state index contributed by atoms with van der Waals surface area (Å²) in [6.07, 6.45) is 0.792. The molecule has 1 aromatic carbocycles. The molecule has 2 N–H and O–H groups in total. The highest BCUT2D eigenvalue weighted by Gasteiger charge is 2.18. The molecule has 0 saturated heterocycles. The normalized spacial score (nSPS) is 19.5. The van der Waals surface area contributed by atoms with E-state index in [1.807, 2.05) is 30.3 Å². The van der Waals surface area contributed by atoms with Gasteiger partial charge in [0.25, 0.3) is 0 Å². The Morgan fingerprint density at radius 1 is 1.11 bits per heavy atom. The summed E-state index contributed by atoms with van der Waals surface area (Å²) in [5, 5.41) is 9.28. The smallest absolute Gasteiger partial charge is 0.125 e. The monoisotopic (exact) mass is 238 g/mol. The Kier molecular flexibility index (Phi) is 2.55. The third kappa shape index (κ3) is 1.86. The SMILES string of the molecule is CC1CC(c2ccc3ccccc3n2)=NN=C1N. The van der Waals surface area contributed by atoms with Gasteiger partial charge >= 0.3 is 0 Å². The second kappa shape index (κ2) is 4.22. The number of benzene rings is 1. The van der Waals surface area contributed by atoms with E-state index in [0.29, 0.717) is 5.84 Å². The van der Waals surface area contributed by atoms with Crippen LogP contribution in [0, 0.1) is 5.92 Å². The molecule has 18 heavy (non-hydrogen) atoms. The van der Waals surface area contributed by atoms with E-state index in [-0.39, 0.29) is 5.92 Å². The predicted molar refractivity (Wildman–Crippen MR) is 73.7 cm³/mol. The minimum atomic E-state index is 0.228. The summed E-state index contributed by atoms with van der Waals surface area (Å²) in [5.74, 6) is 0.824. The van der Waals surface area contributed by atoms with E-state index in [4.69, 9.17) is 5.73 Å². The number of hydrogen-bond donors (Lipinski definition) is 1. The molecule has 0 amide bonds. The Balaban J connectivity index is 2.05. The summed E-state index contributed by atoms with van der Waals surface area (Å²) in [4.78, 5) is 4.62. The fourth-order valence-corrected chi connectivity index (χ4v) is 2.03. The van der Waals surface area contributed by atoms with Gasteiger partial charge in [0.2, 0.25) is 0 Å². The Morgan fingerprint density at radius 2 is 1.94 bits per heavy atom. The van der Waals surface area contributed by atoms with Crippen LogP contribution in [-0.2, 0) is 0 Å². The van der Waals surface area contributed by atoms with Crippen LogP contribution in [0.5, 0.6) is 0 Å². The number of rotatable bonds is 1. The van der Waals surface area contributed by atoms with Crippen molar-refractivity contribution in [2.24, 2.45) is 21.9 Å². The van der Waals surface area contributed by atoms with Gasteiger partial charge < -0.3 is 5.73 Å². The van der Waals surface area contributed by atoms with E-state index in [2.05, 4.69) is 28.2 Å². The maximum Gasteiger partial charge on any atom is 0.125 e. The summed E-state index contributed by atoms with van der Waals surface area (Å²) in [6, 6.07) is 12.1. The summed E-state index contributed by atoms with van der Waals surface area (Å²) in [5.41, 5.74) is 8.50. The fraction of sp³-hybridized carbons (Fsp3) is 0.214. The maximum atomic E-state index is 5.73. The molecule has 0 spiro atoms. The molecular formula is C14H14N4. The first kappa shape index (κ1) is 10.9. The Hall–Kier alpha value is -2.23. The molecule has 1 atom stereocenters. The molecule has 2 aromatic rings. The quantitative estimate of drug-likeness (QED) is 0.828. The van der Waals surface area contributed by atoms with Gasteiger partial charge in [0.1, 0.15) is 5.84 Å². The van der Waals surface area contributed by atoms with Crippen LogP contribution in [0.25, 0.3) is 10.9 Å². The molecule has 2 heterocycles. The number of fused-ring (bicyclic) bond motifs is 1. The molecule has 1 aliphatic rings. The zero-order chi connectivity index (χ0) is 12.5. The van der Waals surface area contributed by atoms with Crippen LogP contribution in [0.2, 0.25) is 0 Å². The van der Waals surface area contributed by atoms with Crippen LogP contribution in [0.1, 0.15) is 19.0 Å². The molecule has 0 saturated carbocycles. The number of para-hydroxylation sites is 1. The van der Waals surface area contributed by atoms with Gasteiger partial charge in [-0.2, -0.15) is 5.10 Å². The summed E-state index contributed by atoms with van der Waals surface area (Å²) in [7, 11) is 0. The average molecular weight is 238 g/mol. The highest BCUT2D eigenvalue weighted by molar-refractivity contribution is 6.04. The molecule has 1 aromatic heterocycles. The van der Waals surface area contributed by atoms with Gasteiger partial charge in [-0.15, -0.1) is 5.10 Å². The van der Waals surface area contributed by atoms with Crippen molar-refractivity contribution in [3.8, 4) is 0 Å². The number of nitrogens with zero attached hydrogens (tertiary/aromatic N) is 3. The first-order chi connectivity index (χ1) is 8.74. The van der Waals surface area contributed by atoms with Crippen LogP contribution in [-0.4, -0.2) is 16.5 Å². The van der Waals surface area contributed by atoms with E-state index in [9.17, 15) is 0 Å². The molecule has 3 rings (SSSR count). The van der Waals surface area contributed by atoms with Gasteiger partial charge in [0.05, 0.1) is 16.9 Å². The third-order valence-corrected chi connectivity index (χ3v) is 3.18. The van der Waals surface area contributed by atoms with Crippen LogP contribution in [0.3, 0.4) is 0 Å². The number of amidine groups is 1. The molecule has 0 fully saturated rings. The first-order valence-electron chi connectivity index (χ1n) is 6.00. The zero-order valence-corrected chi connectivity index (χ0v) is 10.2. The topological polar surface area (TPSA) is 63.6 Å². The third-order valence-electron chi connectivity index (χ3n) is 3.18. The fourth-order valence-electron chi connectivity index (χ4n) is 2.03. The second-order valence-corrected chi connectivity index (χ2v) is 4.57. The van der Waals surface area contributed by atoms with E-state index < -0.39 is 0 Å². The van der Waals surface area contributed by atoms with Crippen molar-refractivity contribution in [1.29, 1.82) is 0 Å². The molecule has 1 unspecified atom stereocenters. The molecule has 0 radical (unpaired) electrons. The molecule has 4 heteroatoms. The van der Waals surface area contributed by atoms with Crippen LogP contribution < -0.4 is 5.73 Å². The summed E-state index contributed by atoms with van der Waals surface area (Å²) in [6.45, 7) is 2.05. The maximum absolute atomic E-state index is 5.73. The van der Waals surface area contributed by atoms with Crippen molar-refractivity contribution in [3.63, 3.8) is 0 Å². The van der Waals surface area contributed by atoms with Crippen molar-refractivity contribution >= 4 is 22.5 Å². The van der Waals surface area contributed by atoms with E-state index in [1.54, 1.807) is 0 Å². The molecule has 0 aliphatic carbocycles. The lowest BCUT2D eigenvalue weighted by Crippen LogP contribution is -2.27. The summed E-state index contributed by atoms with van der Waals surface area (Å²) >= 11 is 0. The lowest BCUT2D eigenvalue weighted by molar-refractivity contribution is 0.777. The zero-order valence-electron chi connectivity index (χ0n) is 10.2. The van der Waals surface area contributed by atoms with Gasteiger partial charge in [-0.3, -0.25) is 0 Å². The average Bonchev–Trinajstić information content (AvgIpc) is 2.41. The van der Waals surface area contributed by atoms with Crippen molar-refractivity contribution < 1.29 is 0 Å². The number of hydrogen-bond acceptors (Lipinski definition) is 4. The van der Waals surface area contributed by atoms with Gasteiger partial charge in [-0.25, -0.2) is 4.98 Å². The van der Waals surface area contributed by atoms with Gasteiger partial charge in [-0.1, -0.05) is 31.2 Å². The Bertz CT molecular complexity index is 658. The van der Waals surface area contributed by atoms with E-state index in [1.165, 1.54) is 0 Å². The minimum Gasteiger partial charge on any atom is -0.385 e. The lowest BCUT2D eigenvalue weighted by Gasteiger charge is -2.15. The van der Waals surface area contributed by atoms with Crippen molar-refractivity contribution in [3.05, 3.63) is 42.1 Å². The highest BCUT2D eigenvalue weighted by Crippen LogP contribution is 2.17. The van der Waals surface area contributed by atoms with Gasteiger partial charge in [0, 0.05) is 17.7 Å². The van der Waals surface area contributed by atoms with Gasteiger partial charge in [0.15, 0.2) is 0 Å². The summed E-state index contributed by atoms with van der Waals surface area (Å²) < 4.78 is 0. The van der Waals surface area contributed by atoms with Gasteiger partial charge in [-0.05, 0) is 12.1 Å². The lowest BCUT2D eigenvalue weighted by atomic mass is 9.99. The molecule has 0 bridgehead atoms. The van der Waals surface area contributed by atoms with Crippen molar-refractivity contribution in [2.45, 2.75) is 13.3 Å². The predicted octanol–water partition coefficient (Wildman–Crippen LogP) is 2.34. The molecule has 1 aliphatic heterocycles. The van der Waals surface area contributed by atoms with E-state index in [0.717, 1.165) is 28.7 Å². The second-order valence-electron chi connectivity index (χ2n) is 4.57. The number of pyridine rings is 1. The van der Waals surface area contributed by atoms with Crippen molar-refractivity contribution in [2.75, 3.05) is 0 Å². The van der Waals surface area contributed by atoms with E-state index >= 15 is 0 Å². The van der Waals surface area contributed by atoms with Crippen molar-refractivity contribution in [1.82, 2.24) is 4.98 Å². The van der Waals surface area contributed by atoms with Crippen LogP contribution >= 0.6 is 0 Å². The Labute approximate surface area is 105 Å². The first-order valence-corrected chi connectivity index (χ1v) is 6.00. The highest BCUT2D eigenvalue weighted by atomic mass is 15.2. The minimum absolute atomic E-state index is 0.228. The molecule has 90 valence electrons. The standard InChI is InChI=1S/C14H14N4/c1-9-8-13(17-18-14(9)15)12-7-6-10-4-2-3-5-11(10)16-12/h2-7,9H,8H2,1H3,(H2,15,18). The number of nitrogens with two attached hydrogens (primary N) is 1.